The second-order valence-corrected chi connectivity index (χ2v) is 10.9. The zero-order valence-electron chi connectivity index (χ0n) is 21.4. The smallest absolute Gasteiger partial charge is 0.410 e. The van der Waals surface area contributed by atoms with Crippen LogP contribution >= 0.6 is 11.6 Å². The fraction of sp³-hybridized carbons (Fsp3) is 0.560. The van der Waals surface area contributed by atoms with Gasteiger partial charge in [0.2, 0.25) is 0 Å². The Morgan fingerprint density at radius 2 is 1.63 bits per heavy atom. The molecule has 10 heteroatoms. The summed E-state index contributed by atoms with van der Waals surface area (Å²) in [6, 6.07) is 7.77. The third-order valence-electron chi connectivity index (χ3n) is 5.10. The lowest BCUT2D eigenvalue weighted by Gasteiger charge is -2.36. The van der Waals surface area contributed by atoms with E-state index in [4.69, 9.17) is 26.1 Å². The molecular formula is C25H36ClN5O4. The van der Waals surface area contributed by atoms with Gasteiger partial charge in [0.15, 0.2) is 0 Å². The number of rotatable bonds is 5. The van der Waals surface area contributed by atoms with Gasteiger partial charge >= 0.3 is 12.2 Å². The SMILES string of the molecule is CC(C)(C)OC(=O)NCCNc1ccc2nc(N3CCN(C(=O)OC(C)(C)C)CC3)c(Cl)cc2c1. The summed E-state index contributed by atoms with van der Waals surface area (Å²) in [6.07, 6.45) is -0.732. The highest BCUT2D eigenvalue weighted by atomic mass is 35.5. The van der Waals surface area contributed by atoms with Crippen molar-refractivity contribution in [3.05, 3.63) is 29.3 Å². The highest BCUT2D eigenvalue weighted by Crippen LogP contribution is 2.30. The summed E-state index contributed by atoms with van der Waals surface area (Å²) in [5.41, 5.74) is 0.698. The van der Waals surface area contributed by atoms with Crippen molar-refractivity contribution in [2.45, 2.75) is 52.7 Å². The van der Waals surface area contributed by atoms with E-state index in [-0.39, 0.29) is 6.09 Å². The standard InChI is InChI=1S/C25H36ClN5O4/c1-24(2,3)34-22(32)28-10-9-27-18-7-8-20-17(15-18)16-19(26)21(29-20)30-11-13-31(14-12-30)23(33)35-25(4,5)6/h7-8,15-16,27H,9-14H2,1-6H3,(H,28,32). The number of nitrogens with one attached hydrogen (secondary N) is 2. The first-order chi connectivity index (χ1) is 16.3. The number of hydrogen-bond acceptors (Lipinski definition) is 7. The molecule has 1 aromatic heterocycles. The minimum atomic E-state index is -0.521. The zero-order valence-corrected chi connectivity index (χ0v) is 22.2. The highest BCUT2D eigenvalue weighted by Gasteiger charge is 2.27. The van der Waals surface area contributed by atoms with Crippen LogP contribution in [0.15, 0.2) is 24.3 Å². The van der Waals surface area contributed by atoms with Crippen LogP contribution in [0.5, 0.6) is 0 Å². The van der Waals surface area contributed by atoms with Crippen LogP contribution in [-0.2, 0) is 9.47 Å². The van der Waals surface area contributed by atoms with Crippen molar-refractivity contribution in [1.82, 2.24) is 15.2 Å². The second kappa shape index (κ2) is 10.8. The Kier molecular flexibility index (Phi) is 8.20. The number of hydrogen-bond donors (Lipinski definition) is 2. The first-order valence-corrected chi connectivity index (χ1v) is 12.2. The molecule has 1 saturated heterocycles. The van der Waals surface area contributed by atoms with Crippen molar-refractivity contribution < 1.29 is 19.1 Å². The molecule has 0 bridgehead atoms. The number of amides is 2. The molecule has 0 spiro atoms. The van der Waals surface area contributed by atoms with Crippen LogP contribution < -0.4 is 15.5 Å². The molecule has 35 heavy (non-hydrogen) atoms. The first kappa shape index (κ1) is 26.7. The van der Waals surface area contributed by atoms with E-state index in [1.54, 1.807) is 4.90 Å². The van der Waals surface area contributed by atoms with E-state index in [2.05, 4.69) is 15.5 Å². The first-order valence-electron chi connectivity index (χ1n) is 11.8. The second-order valence-electron chi connectivity index (χ2n) is 10.5. The van der Waals surface area contributed by atoms with E-state index in [0.717, 1.165) is 16.6 Å². The van der Waals surface area contributed by atoms with Gasteiger partial charge in [-0.15, -0.1) is 0 Å². The Balaban J connectivity index is 1.56. The fourth-order valence-electron chi connectivity index (χ4n) is 3.59. The molecule has 2 N–H and O–H groups in total. The Labute approximate surface area is 212 Å². The molecule has 0 radical (unpaired) electrons. The van der Waals surface area contributed by atoms with Gasteiger partial charge in [0, 0.05) is 50.3 Å². The van der Waals surface area contributed by atoms with Crippen LogP contribution in [0.4, 0.5) is 21.1 Å². The average Bonchev–Trinajstić information content (AvgIpc) is 2.74. The summed E-state index contributed by atoms with van der Waals surface area (Å²) in [5, 5.41) is 7.48. The lowest BCUT2D eigenvalue weighted by atomic mass is 10.2. The van der Waals surface area contributed by atoms with Gasteiger partial charge in [-0.1, -0.05) is 11.6 Å². The van der Waals surface area contributed by atoms with Crippen LogP contribution in [-0.4, -0.2) is 72.5 Å². The van der Waals surface area contributed by atoms with Crippen LogP contribution in [0.25, 0.3) is 10.9 Å². The molecule has 9 nitrogen and oxygen atoms in total. The number of fused-ring (bicyclic) bond motifs is 1. The van der Waals surface area contributed by atoms with Crippen molar-refractivity contribution in [3.8, 4) is 0 Å². The number of piperazine rings is 1. The maximum atomic E-state index is 12.3. The number of carbonyl (C=O) groups excluding carboxylic acids is 2. The van der Waals surface area contributed by atoms with E-state index in [1.807, 2.05) is 65.8 Å². The molecule has 0 unspecified atom stereocenters. The van der Waals surface area contributed by atoms with Crippen molar-refractivity contribution in [2.24, 2.45) is 0 Å². The minimum absolute atomic E-state index is 0.295. The third-order valence-corrected chi connectivity index (χ3v) is 5.38. The maximum absolute atomic E-state index is 12.3. The van der Waals surface area contributed by atoms with Crippen LogP contribution in [0.3, 0.4) is 0 Å². The number of carbonyl (C=O) groups is 2. The Morgan fingerprint density at radius 3 is 2.26 bits per heavy atom. The molecule has 0 atom stereocenters. The summed E-state index contributed by atoms with van der Waals surface area (Å²) in [5.74, 6) is 0.713. The number of pyridine rings is 1. The van der Waals surface area contributed by atoms with E-state index in [9.17, 15) is 9.59 Å². The van der Waals surface area contributed by atoms with Crippen molar-refractivity contribution in [3.63, 3.8) is 0 Å². The van der Waals surface area contributed by atoms with Gasteiger partial charge in [-0.2, -0.15) is 0 Å². The number of halogens is 1. The molecule has 2 aromatic rings. The van der Waals surface area contributed by atoms with Gasteiger partial charge < -0.3 is 29.9 Å². The number of ether oxygens (including phenoxy) is 2. The number of benzene rings is 1. The molecule has 0 aliphatic carbocycles. The molecule has 3 rings (SSSR count). The van der Waals surface area contributed by atoms with Gasteiger partial charge in [0.25, 0.3) is 0 Å². The van der Waals surface area contributed by atoms with Crippen molar-refractivity contribution >= 4 is 46.2 Å². The number of anilines is 2. The molecule has 1 fully saturated rings. The molecule has 1 aromatic carbocycles. The summed E-state index contributed by atoms with van der Waals surface area (Å²) >= 11 is 6.60. The Morgan fingerprint density at radius 1 is 0.971 bits per heavy atom. The van der Waals surface area contributed by atoms with Crippen LogP contribution in [0.1, 0.15) is 41.5 Å². The molecular weight excluding hydrogens is 470 g/mol. The van der Waals surface area contributed by atoms with Crippen molar-refractivity contribution in [1.29, 1.82) is 0 Å². The lowest BCUT2D eigenvalue weighted by molar-refractivity contribution is 0.0240. The Bertz CT molecular complexity index is 1060. The number of alkyl carbamates (subject to hydrolysis) is 1. The molecule has 2 amide bonds. The van der Waals surface area contributed by atoms with Gasteiger partial charge in [0.1, 0.15) is 17.0 Å². The third kappa shape index (κ3) is 8.06. The van der Waals surface area contributed by atoms with Crippen LogP contribution in [0.2, 0.25) is 5.02 Å². The summed E-state index contributed by atoms with van der Waals surface area (Å²) < 4.78 is 10.7. The molecule has 1 aliphatic rings. The predicted octanol–water partition coefficient (Wildman–Crippen LogP) is 4.88. The largest absolute Gasteiger partial charge is 0.444 e. The summed E-state index contributed by atoms with van der Waals surface area (Å²) in [4.78, 5) is 32.7. The highest BCUT2D eigenvalue weighted by molar-refractivity contribution is 6.33. The predicted molar refractivity (Wildman–Crippen MR) is 139 cm³/mol. The summed E-state index contributed by atoms with van der Waals surface area (Å²) in [7, 11) is 0. The van der Waals surface area contributed by atoms with Gasteiger partial charge in [-0.05, 0) is 65.8 Å². The monoisotopic (exact) mass is 505 g/mol. The average molecular weight is 506 g/mol. The zero-order chi connectivity index (χ0) is 25.8. The lowest BCUT2D eigenvalue weighted by Crippen LogP contribution is -2.50. The van der Waals surface area contributed by atoms with E-state index in [0.29, 0.717) is 50.1 Å². The normalized spacial score (nSPS) is 14.6. The van der Waals surface area contributed by atoms with Crippen molar-refractivity contribution in [2.75, 3.05) is 49.5 Å². The van der Waals surface area contributed by atoms with Gasteiger partial charge in [-0.3, -0.25) is 0 Å². The topological polar surface area (TPSA) is 96.0 Å². The molecule has 1 aliphatic heterocycles. The van der Waals surface area contributed by atoms with Crippen LogP contribution in [0, 0.1) is 0 Å². The number of aromatic nitrogens is 1. The molecule has 0 saturated carbocycles. The van der Waals surface area contributed by atoms with Gasteiger partial charge in [-0.25, -0.2) is 14.6 Å². The quantitative estimate of drug-likeness (QED) is 0.559. The fourth-order valence-corrected chi connectivity index (χ4v) is 3.86. The van der Waals surface area contributed by atoms with E-state index >= 15 is 0 Å². The summed E-state index contributed by atoms with van der Waals surface area (Å²) in [6.45, 7) is 14.4. The van der Waals surface area contributed by atoms with Gasteiger partial charge in [0.05, 0.1) is 10.5 Å². The maximum Gasteiger partial charge on any atom is 0.410 e. The number of nitrogens with zero attached hydrogens (tertiary/aromatic N) is 3. The Hall–Kier alpha value is -2.94. The van der Waals surface area contributed by atoms with E-state index in [1.165, 1.54) is 0 Å². The molecule has 2 heterocycles. The molecule has 192 valence electrons. The minimum Gasteiger partial charge on any atom is -0.444 e. The van der Waals surface area contributed by atoms with E-state index < -0.39 is 17.3 Å².